The first-order chi connectivity index (χ1) is 5.24. The van der Waals surface area contributed by atoms with Crippen LogP contribution in [0.4, 0.5) is 5.69 Å². The normalized spacial score (nSPS) is 9.27. The molecule has 11 heavy (non-hydrogen) atoms. The summed E-state index contributed by atoms with van der Waals surface area (Å²) in [5.41, 5.74) is 1.56. The lowest BCUT2D eigenvalue weighted by molar-refractivity contribution is -0.736. The first-order valence-electron chi connectivity index (χ1n) is 3.32. The third kappa shape index (κ3) is 1.77. The predicted octanol–water partition coefficient (Wildman–Crippen LogP) is 1.97. The summed E-state index contributed by atoms with van der Waals surface area (Å²) in [5, 5.41) is 0. The Hall–Kier alpha value is -1.38. The molecule has 3 nitrogen and oxygen atoms in total. The highest BCUT2D eigenvalue weighted by molar-refractivity contribution is 5.32. The van der Waals surface area contributed by atoms with Gasteiger partial charge < -0.3 is 0 Å². The number of hydrogen-bond acceptors (Lipinski definition) is 2. The standard InChI is InChI=1S/C8H10NO2/c1-7-4-3-5-8(6-7)9(10)11-2/h3-6H,1-2H3/q+1. The molecule has 0 fully saturated rings. The van der Waals surface area contributed by atoms with E-state index < -0.39 is 0 Å². The van der Waals surface area contributed by atoms with Crippen LogP contribution in [0.25, 0.3) is 0 Å². The molecule has 1 aromatic rings. The highest BCUT2D eigenvalue weighted by atomic mass is 16.8. The quantitative estimate of drug-likeness (QED) is 0.606. The summed E-state index contributed by atoms with van der Waals surface area (Å²) in [6.07, 6.45) is 0. The fraction of sp³-hybridized carbons (Fsp3) is 0.250. The lowest BCUT2D eigenvalue weighted by atomic mass is 10.2. The van der Waals surface area contributed by atoms with Crippen molar-refractivity contribution in [1.29, 1.82) is 0 Å². The fourth-order valence-electron chi connectivity index (χ4n) is 0.847. The van der Waals surface area contributed by atoms with E-state index in [1.807, 2.05) is 19.1 Å². The summed E-state index contributed by atoms with van der Waals surface area (Å²) >= 11 is 0. The Morgan fingerprint density at radius 2 is 2.18 bits per heavy atom. The molecule has 0 unspecified atom stereocenters. The number of nitrogens with zero attached hydrogens (tertiary/aromatic N) is 1. The Morgan fingerprint density at radius 1 is 1.45 bits per heavy atom. The molecule has 1 rings (SSSR count). The van der Waals surface area contributed by atoms with Gasteiger partial charge in [-0.25, -0.2) is 4.84 Å². The Labute approximate surface area is 65.1 Å². The molecule has 1 aromatic carbocycles. The molecular weight excluding hydrogens is 142 g/mol. The lowest BCUT2D eigenvalue weighted by Gasteiger charge is -1.89. The Balaban J connectivity index is 2.96. The molecule has 0 saturated carbocycles. The zero-order chi connectivity index (χ0) is 8.27. The van der Waals surface area contributed by atoms with Crippen LogP contribution in [-0.4, -0.2) is 12.0 Å². The van der Waals surface area contributed by atoms with Crippen LogP contribution in [0.2, 0.25) is 0 Å². The molecule has 0 aromatic heterocycles. The molecule has 0 spiro atoms. The van der Waals surface area contributed by atoms with E-state index >= 15 is 0 Å². The van der Waals surface area contributed by atoms with E-state index in [0.717, 1.165) is 5.56 Å². The Bertz CT molecular complexity index is 271. The summed E-state index contributed by atoms with van der Waals surface area (Å²) < 4.78 is 0. The van der Waals surface area contributed by atoms with Crippen molar-refractivity contribution in [2.24, 2.45) is 0 Å². The van der Waals surface area contributed by atoms with Crippen LogP contribution in [0.15, 0.2) is 24.3 Å². The number of hydrogen-bond donors (Lipinski definition) is 0. The first kappa shape index (κ1) is 7.72. The summed E-state index contributed by atoms with van der Waals surface area (Å²) in [6, 6.07) is 7.20. The van der Waals surface area contributed by atoms with Crippen LogP contribution < -0.4 is 0 Å². The SMILES string of the molecule is CO[N+](=O)c1cccc(C)c1. The second-order valence-corrected chi connectivity index (χ2v) is 2.28. The van der Waals surface area contributed by atoms with E-state index in [2.05, 4.69) is 4.84 Å². The molecule has 0 bridgehead atoms. The molecule has 0 aliphatic carbocycles. The zero-order valence-corrected chi connectivity index (χ0v) is 6.57. The molecule has 58 valence electrons. The summed E-state index contributed by atoms with van der Waals surface area (Å²) in [7, 11) is 1.34. The topological polar surface area (TPSA) is 29.3 Å². The Kier molecular flexibility index (Phi) is 2.21. The van der Waals surface area contributed by atoms with Gasteiger partial charge in [0.2, 0.25) is 0 Å². The molecule has 0 atom stereocenters. The van der Waals surface area contributed by atoms with Gasteiger partial charge >= 0.3 is 5.69 Å². The third-order valence-electron chi connectivity index (χ3n) is 1.38. The van der Waals surface area contributed by atoms with Gasteiger partial charge in [0.25, 0.3) is 4.92 Å². The van der Waals surface area contributed by atoms with E-state index in [0.29, 0.717) is 10.6 Å². The maximum absolute atomic E-state index is 10.9. The third-order valence-corrected chi connectivity index (χ3v) is 1.38. The van der Waals surface area contributed by atoms with Crippen molar-refractivity contribution in [1.82, 2.24) is 0 Å². The van der Waals surface area contributed by atoms with Crippen molar-refractivity contribution in [3.63, 3.8) is 0 Å². The Morgan fingerprint density at radius 3 is 2.73 bits per heavy atom. The largest absolute Gasteiger partial charge is 0.317 e. The van der Waals surface area contributed by atoms with Gasteiger partial charge in [0, 0.05) is 12.1 Å². The second-order valence-electron chi connectivity index (χ2n) is 2.28. The summed E-state index contributed by atoms with van der Waals surface area (Å²) in [6.45, 7) is 1.92. The van der Waals surface area contributed by atoms with Gasteiger partial charge in [0.05, 0.1) is 4.91 Å². The maximum Gasteiger partial charge on any atom is 0.317 e. The molecule has 3 heteroatoms. The van der Waals surface area contributed by atoms with E-state index in [9.17, 15) is 4.91 Å². The molecular formula is C8H10NO2+. The molecule has 0 heterocycles. The van der Waals surface area contributed by atoms with E-state index in [-0.39, 0.29) is 0 Å². The predicted molar refractivity (Wildman–Crippen MR) is 41.5 cm³/mol. The fourth-order valence-corrected chi connectivity index (χ4v) is 0.847. The van der Waals surface area contributed by atoms with Crippen LogP contribution in [0.1, 0.15) is 5.56 Å². The van der Waals surface area contributed by atoms with Crippen LogP contribution in [0.3, 0.4) is 0 Å². The van der Waals surface area contributed by atoms with Crippen molar-refractivity contribution in [3.8, 4) is 0 Å². The van der Waals surface area contributed by atoms with E-state index in [1.54, 1.807) is 12.1 Å². The van der Waals surface area contributed by atoms with Gasteiger partial charge in [-0.1, -0.05) is 12.1 Å². The second kappa shape index (κ2) is 3.14. The summed E-state index contributed by atoms with van der Waals surface area (Å²) in [5.74, 6) is 0. The average molecular weight is 152 g/mol. The maximum atomic E-state index is 10.9. The molecule has 0 N–H and O–H groups in total. The first-order valence-corrected chi connectivity index (χ1v) is 3.32. The minimum Gasteiger partial charge on any atom is -0.230 e. The number of rotatable bonds is 2. The molecule has 0 amide bonds. The van der Waals surface area contributed by atoms with Crippen LogP contribution in [0, 0.1) is 11.8 Å². The monoisotopic (exact) mass is 152 g/mol. The number of benzene rings is 1. The van der Waals surface area contributed by atoms with Crippen LogP contribution in [-0.2, 0) is 4.84 Å². The van der Waals surface area contributed by atoms with Crippen molar-refractivity contribution < 1.29 is 9.76 Å². The van der Waals surface area contributed by atoms with Gasteiger partial charge in [0.1, 0.15) is 0 Å². The van der Waals surface area contributed by atoms with Gasteiger partial charge in [-0.3, -0.25) is 0 Å². The zero-order valence-electron chi connectivity index (χ0n) is 6.57. The minimum atomic E-state index is 0.479. The highest BCUT2D eigenvalue weighted by Gasteiger charge is 2.12. The summed E-state index contributed by atoms with van der Waals surface area (Å²) in [4.78, 5) is 15.8. The van der Waals surface area contributed by atoms with Gasteiger partial charge in [0.15, 0.2) is 7.11 Å². The smallest absolute Gasteiger partial charge is 0.230 e. The van der Waals surface area contributed by atoms with Gasteiger partial charge in [-0.15, -0.1) is 0 Å². The lowest BCUT2D eigenvalue weighted by Crippen LogP contribution is -1.97. The van der Waals surface area contributed by atoms with Crippen LogP contribution >= 0.6 is 0 Å². The minimum absolute atomic E-state index is 0.479. The number of aryl methyl sites for hydroxylation is 1. The van der Waals surface area contributed by atoms with Gasteiger partial charge in [-0.05, 0) is 12.5 Å². The van der Waals surface area contributed by atoms with Gasteiger partial charge in [-0.2, -0.15) is 0 Å². The molecule has 0 saturated heterocycles. The van der Waals surface area contributed by atoms with Crippen molar-refractivity contribution in [3.05, 3.63) is 34.7 Å². The van der Waals surface area contributed by atoms with Crippen molar-refractivity contribution >= 4 is 5.69 Å². The van der Waals surface area contributed by atoms with E-state index in [4.69, 9.17) is 0 Å². The van der Waals surface area contributed by atoms with Crippen LogP contribution in [0.5, 0.6) is 0 Å². The highest BCUT2D eigenvalue weighted by Crippen LogP contribution is 2.12. The molecule has 0 radical (unpaired) electrons. The van der Waals surface area contributed by atoms with Crippen molar-refractivity contribution in [2.45, 2.75) is 6.92 Å². The van der Waals surface area contributed by atoms with E-state index in [1.165, 1.54) is 7.11 Å². The average Bonchev–Trinajstić information content (AvgIpc) is 2.03. The molecule has 0 aliphatic heterocycles. The molecule has 0 aliphatic rings. The van der Waals surface area contributed by atoms with Crippen molar-refractivity contribution in [2.75, 3.05) is 7.11 Å².